The molecule has 0 saturated heterocycles. The van der Waals surface area contributed by atoms with Crippen molar-refractivity contribution in [2.45, 2.75) is 26.1 Å². The van der Waals surface area contributed by atoms with Crippen LogP contribution in [0.5, 0.6) is 0 Å². The lowest BCUT2D eigenvalue weighted by Crippen LogP contribution is -2.10. The first-order valence-corrected chi connectivity index (χ1v) is 5.34. The van der Waals surface area contributed by atoms with Gasteiger partial charge in [0.05, 0.1) is 12.5 Å². The molecule has 0 fully saturated rings. The summed E-state index contributed by atoms with van der Waals surface area (Å²) >= 11 is 5.63. The Bertz CT molecular complexity index is 333. The molecule has 82 valence electrons. The van der Waals surface area contributed by atoms with E-state index in [4.69, 9.17) is 16.3 Å². The molecular weight excluding hydrogens is 216 g/mol. The fourth-order valence-electron chi connectivity index (χ4n) is 1.10. The van der Waals surface area contributed by atoms with Gasteiger partial charge in [0, 0.05) is 5.69 Å². The normalized spacial score (nSPS) is 10.1. The zero-order chi connectivity index (χ0) is 11.3. The Hall–Kier alpha value is -1.16. The molecule has 0 unspecified atom stereocenters. The van der Waals surface area contributed by atoms with Gasteiger partial charge in [-0.15, -0.1) is 11.6 Å². The van der Waals surface area contributed by atoms with E-state index < -0.39 is 5.97 Å². The van der Waals surface area contributed by atoms with Gasteiger partial charge in [-0.3, -0.25) is 0 Å². The SMILES string of the molecule is CCOC(=O)c1cc(CC)nc(CCl)n1. The highest BCUT2D eigenvalue weighted by Crippen LogP contribution is 2.06. The Morgan fingerprint density at radius 2 is 2.20 bits per heavy atom. The van der Waals surface area contributed by atoms with Crippen molar-refractivity contribution in [2.24, 2.45) is 0 Å². The Kier molecular flexibility index (Phi) is 4.49. The molecule has 1 aromatic heterocycles. The molecule has 0 N–H and O–H groups in total. The molecule has 15 heavy (non-hydrogen) atoms. The number of alkyl halides is 1. The number of rotatable bonds is 4. The molecule has 0 amide bonds. The predicted octanol–water partition coefficient (Wildman–Crippen LogP) is 1.95. The van der Waals surface area contributed by atoms with Crippen molar-refractivity contribution >= 4 is 17.6 Å². The zero-order valence-corrected chi connectivity index (χ0v) is 9.54. The summed E-state index contributed by atoms with van der Waals surface area (Å²) in [6.45, 7) is 4.04. The average molecular weight is 229 g/mol. The highest BCUT2D eigenvalue weighted by atomic mass is 35.5. The van der Waals surface area contributed by atoms with Gasteiger partial charge in [0.25, 0.3) is 0 Å². The quantitative estimate of drug-likeness (QED) is 0.584. The molecule has 0 spiro atoms. The van der Waals surface area contributed by atoms with Crippen LogP contribution >= 0.6 is 11.6 Å². The number of halogens is 1. The van der Waals surface area contributed by atoms with Crippen LogP contribution in [0.4, 0.5) is 0 Å². The molecule has 1 rings (SSSR count). The summed E-state index contributed by atoms with van der Waals surface area (Å²) in [5.41, 5.74) is 1.07. The van der Waals surface area contributed by atoms with Crippen molar-refractivity contribution in [1.29, 1.82) is 0 Å². The standard InChI is InChI=1S/C10H13ClN2O2/c1-3-7-5-8(10(14)15-4-2)13-9(6-11)12-7/h5H,3-4,6H2,1-2H3. The number of ether oxygens (including phenoxy) is 1. The fraction of sp³-hybridized carbons (Fsp3) is 0.500. The van der Waals surface area contributed by atoms with Gasteiger partial charge in [0.2, 0.25) is 0 Å². The first-order chi connectivity index (χ1) is 7.21. The van der Waals surface area contributed by atoms with Crippen LogP contribution in [0, 0.1) is 0 Å². The molecule has 4 nitrogen and oxygen atoms in total. The molecule has 0 aromatic carbocycles. The Morgan fingerprint density at radius 3 is 2.73 bits per heavy atom. The molecule has 0 atom stereocenters. The maximum absolute atomic E-state index is 11.4. The van der Waals surface area contributed by atoms with Crippen molar-refractivity contribution in [3.8, 4) is 0 Å². The fourth-order valence-corrected chi connectivity index (χ4v) is 1.22. The highest BCUT2D eigenvalue weighted by molar-refractivity contribution is 6.16. The predicted molar refractivity (Wildman–Crippen MR) is 56.9 cm³/mol. The Balaban J connectivity index is 3.01. The molecule has 0 aliphatic carbocycles. The zero-order valence-electron chi connectivity index (χ0n) is 8.79. The van der Waals surface area contributed by atoms with Crippen molar-refractivity contribution < 1.29 is 9.53 Å². The lowest BCUT2D eigenvalue weighted by atomic mass is 10.2. The first-order valence-electron chi connectivity index (χ1n) is 4.81. The van der Waals surface area contributed by atoms with Crippen molar-refractivity contribution in [3.63, 3.8) is 0 Å². The lowest BCUT2D eigenvalue weighted by molar-refractivity contribution is 0.0518. The number of aryl methyl sites for hydroxylation is 1. The van der Waals surface area contributed by atoms with Crippen LogP contribution in [0.25, 0.3) is 0 Å². The molecular formula is C10H13ClN2O2. The summed E-state index contributed by atoms with van der Waals surface area (Å²) in [5, 5.41) is 0. The number of nitrogens with zero attached hydrogens (tertiary/aromatic N) is 2. The summed E-state index contributed by atoms with van der Waals surface area (Å²) < 4.78 is 4.85. The lowest BCUT2D eigenvalue weighted by Gasteiger charge is -2.04. The van der Waals surface area contributed by atoms with Crippen LogP contribution in [0.3, 0.4) is 0 Å². The largest absolute Gasteiger partial charge is 0.461 e. The summed E-state index contributed by atoms with van der Waals surface area (Å²) in [6, 6.07) is 1.63. The van der Waals surface area contributed by atoms with E-state index in [0.717, 1.165) is 12.1 Å². The van der Waals surface area contributed by atoms with Crippen molar-refractivity contribution in [3.05, 3.63) is 23.3 Å². The van der Waals surface area contributed by atoms with E-state index in [1.165, 1.54) is 0 Å². The van der Waals surface area contributed by atoms with Crippen LogP contribution in [0.15, 0.2) is 6.07 Å². The summed E-state index contributed by atoms with van der Waals surface area (Å²) in [5.74, 6) is 0.222. The average Bonchev–Trinajstić information content (AvgIpc) is 2.28. The van der Waals surface area contributed by atoms with Crippen LogP contribution in [-0.4, -0.2) is 22.5 Å². The number of hydrogen-bond acceptors (Lipinski definition) is 4. The van der Waals surface area contributed by atoms with E-state index in [1.54, 1.807) is 13.0 Å². The molecule has 0 aliphatic rings. The molecule has 0 bridgehead atoms. The number of carbonyl (C=O) groups is 1. The third-order valence-corrected chi connectivity index (χ3v) is 2.03. The van der Waals surface area contributed by atoms with Gasteiger partial charge in [0.15, 0.2) is 5.69 Å². The minimum atomic E-state index is -0.430. The first kappa shape index (κ1) is 11.9. The van der Waals surface area contributed by atoms with Gasteiger partial charge in [0.1, 0.15) is 5.82 Å². The van der Waals surface area contributed by atoms with E-state index in [9.17, 15) is 4.79 Å². The maximum Gasteiger partial charge on any atom is 0.357 e. The summed E-state index contributed by atoms with van der Waals surface area (Å²) in [7, 11) is 0. The molecule has 1 aromatic rings. The Labute approximate surface area is 93.6 Å². The van der Waals surface area contributed by atoms with Crippen molar-refractivity contribution in [1.82, 2.24) is 9.97 Å². The van der Waals surface area contributed by atoms with Gasteiger partial charge in [-0.25, -0.2) is 14.8 Å². The molecule has 0 aliphatic heterocycles. The molecule has 1 heterocycles. The summed E-state index contributed by atoms with van der Waals surface area (Å²) in [6.07, 6.45) is 0.735. The second-order valence-corrected chi connectivity index (χ2v) is 3.14. The molecule has 0 saturated carbocycles. The van der Waals surface area contributed by atoms with Gasteiger partial charge in [-0.2, -0.15) is 0 Å². The second-order valence-electron chi connectivity index (χ2n) is 2.87. The number of hydrogen-bond donors (Lipinski definition) is 0. The van der Waals surface area contributed by atoms with Crippen LogP contribution in [-0.2, 0) is 17.0 Å². The topological polar surface area (TPSA) is 52.1 Å². The third-order valence-electron chi connectivity index (χ3n) is 1.79. The van der Waals surface area contributed by atoms with Gasteiger partial charge >= 0.3 is 5.97 Å². The van der Waals surface area contributed by atoms with Crippen molar-refractivity contribution in [2.75, 3.05) is 6.61 Å². The maximum atomic E-state index is 11.4. The van der Waals surface area contributed by atoms with Gasteiger partial charge in [-0.05, 0) is 19.4 Å². The minimum Gasteiger partial charge on any atom is -0.461 e. The highest BCUT2D eigenvalue weighted by Gasteiger charge is 2.11. The van der Waals surface area contributed by atoms with Crippen LogP contribution in [0.2, 0.25) is 0 Å². The number of aromatic nitrogens is 2. The number of carbonyl (C=O) groups excluding carboxylic acids is 1. The smallest absolute Gasteiger partial charge is 0.357 e. The van der Waals surface area contributed by atoms with E-state index in [-0.39, 0.29) is 11.6 Å². The third kappa shape index (κ3) is 3.16. The van der Waals surface area contributed by atoms with E-state index in [0.29, 0.717) is 12.4 Å². The van der Waals surface area contributed by atoms with Crippen LogP contribution in [0.1, 0.15) is 35.9 Å². The van der Waals surface area contributed by atoms with Crippen LogP contribution < -0.4 is 0 Å². The summed E-state index contributed by atoms with van der Waals surface area (Å²) in [4.78, 5) is 19.6. The van der Waals surface area contributed by atoms with E-state index in [1.807, 2.05) is 6.92 Å². The molecule has 5 heteroatoms. The van der Waals surface area contributed by atoms with E-state index >= 15 is 0 Å². The van der Waals surface area contributed by atoms with Gasteiger partial charge in [-0.1, -0.05) is 6.92 Å². The van der Waals surface area contributed by atoms with Gasteiger partial charge < -0.3 is 4.74 Å². The number of esters is 1. The second kappa shape index (κ2) is 5.66. The monoisotopic (exact) mass is 228 g/mol. The Morgan fingerprint density at radius 1 is 1.47 bits per heavy atom. The van der Waals surface area contributed by atoms with E-state index in [2.05, 4.69) is 9.97 Å². The molecule has 0 radical (unpaired) electrons. The minimum absolute atomic E-state index is 0.195.